The number of ether oxygens (including phenoxy) is 2. The number of anilines is 1. The Morgan fingerprint density at radius 2 is 1.79 bits per heavy atom. The van der Waals surface area contributed by atoms with E-state index in [1.165, 1.54) is 0 Å². The van der Waals surface area contributed by atoms with Gasteiger partial charge in [-0.2, -0.15) is 0 Å². The maximum atomic E-state index is 12.1. The zero-order chi connectivity index (χ0) is 17.2. The summed E-state index contributed by atoms with van der Waals surface area (Å²) in [5.74, 6) is 1.27. The summed E-state index contributed by atoms with van der Waals surface area (Å²) in [6.45, 7) is 0.118. The fourth-order valence-electron chi connectivity index (χ4n) is 2.10. The van der Waals surface area contributed by atoms with Gasteiger partial charge < -0.3 is 20.1 Å². The standard InChI is InChI=1S/C18H21FN2O3/c1-23-16-9-4-5-10-17(16)24-13-14-7-2-3-8-15(14)21-18(22)20-12-6-11-19/h2-5,7-10H,6,11-13H2,1H3,(H2,20,21,22). The van der Waals surface area contributed by atoms with Crippen molar-refractivity contribution in [3.8, 4) is 11.5 Å². The molecule has 2 rings (SSSR count). The Balaban J connectivity index is 1.99. The first-order valence-electron chi connectivity index (χ1n) is 7.69. The van der Waals surface area contributed by atoms with E-state index in [2.05, 4.69) is 10.6 Å². The van der Waals surface area contributed by atoms with Crippen LogP contribution in [0.3, 0.4) is 0 Å². The van der Waals surface area contributed by atoms with Crippen LogP contribution in [0.5, 0.6) is 11.5 Å². The fraction of sp³-hybridized carbons (Fsp3) is 0.278. The number of halogens is 1. The largest absolute Gasteiger partial charge is 0.493 e. The Labute approximate surface area is 140 Å². The van der Waals surface area contributed by atoms with Crippen molar-refractivity contribution in [1.29, 1.82) is 0 Å². The third-order valence-electron chi connectivity index (χ3n) is 3.31. The van der Waals surface area contributed by atoms with Crippen molar-refractivity contribution < 1.29 is 18.7 Å². The second-order valence-corrected chi connectivity index (χ2v) is 5.02. The van der Waals surface area contributed by atoms with Gasteiger partial charge in [0.15, 0.2) is 11.5 Å². The number of rotatable bonds is 8. The number of urea groups is 1. The molecule has 0 aromatic heterocycles. The third kappa shape index (κ3) is 5.15. The molecule has 2 N–H and O–H groups in total. The monoisotopic (exact) mass is 332 g/mol. The molecule has 2 aromatic rings. The van der Waals surface area contributed by atoms with Gasteiger partial charge in [-0.25, -0.2) is 4.79 Å². The van der Waals surface area contributed by atoms with Crippen molar-refractivity contribution in [2.75, 3.05) is 25.6 Å². The number of hydrogen-bond acceptors (Lipinski definition) is 3. The van der Waals surface area contributed by atoms with Crippen molar-refractivity contribution in [2.45, 2.75) is 13.0 Å². The van der Waals surface area contributed by atoms with Crippen LogP contribution in [0, 0.1) is 0 Å². The molecule has 0 atom stereocenters. The lowest BCUT2D eigenvalue weighted by atomic mass is 10.2. The topological polar surface area (TPSA) is 59.6 Å². The fourth-order valence-corrected chi connectivity index (χ4v) is 2.10. The van der Waals surface area contributed by atoms with E-state index in [-0.39, 0.29) is 12.6 Å². The summed E-state index contributed by atoms with van der Waals surface area (Å²) in [6, 6.07) is 14.3. The first-order chi connectivity index (χ1) is 11.7. The number of carbonyl (C=O) groups is 1. The van der Waals surface area contributed by atoms with Gasteiger partial charge in [-0.1, -0.05) is 30.3 Å². The van der Waals surface area contributed by atoms with E-state index in [0.29, 0.717) is 30.2 Å². The molecule has 2 amide bonds. The molecule has 0 fully saturated rings. The number of benzene rings is 2. The number of methoxy groups -OCH3 is 1. The molecule has 0 aliphatic rings. The lowest BCUT2D eigenvalue weighted by Gasteiger charge is -2.14. The smallest absolute Gasteiger partial charge is 0.319 e. The summed E-state index contributed by atoms with van der Waals surface area (Å²) in [7, 11) is 1.58. The molecule has 0 unspecified atom stereocenters. The number of amides is 2. The third-order valence-corrected chi connectivity index (χ3v) is 3.31. The molecule has 0 saturated heterocycles. The molecule has 0 spiro atoms. The Bertz CT molecular complexity index is 664. The Hall–Kier alpha value is -2.76. The first-order valence-corrected chi connectivity index (χ1v) is 7.69. The molecule has 128 valence electrons. The minimum atomic E-state index is -0.455. The molecule has 0 heterocycles. The van der Waals surface area contributed by atoms with Crippen LogP contribution in [0.25, 0.3) is 0 Å². The maximum Gasteiger partial charge on any atom is 0.319 e. The molecule has 6 heteroatoms. The molecule has 0 saturated carbocycles. The maximum absolute atomic E-state index is 12.1. The van der Waals surface area contributed by atoms with Gasteiger partial charge in [-0.3, -0.25) is 4.39 Å². The first kappa shape index (κ1) is 17.6. The van der Waals surface area contributed by atoms with Crippen LogP contribution in [-0.2, 0) is 6.61 Å². The minimum Gasteiger partial charge on any atom is -0.493 e. The lowest BCUT2D eigenvalue weighted by Crippen LogP contribution is -2.30. The SMILES string of the molecule is COc1ccccc1OCc1ccccc1NC(=O)NCCCF. The van der Waals surface area contributed by atoms with E-state index >= 15 is 0 Å². The summed E-state index contributed by atoms with van der Waals surface area (Å²) in [4.78, 5) is 11.8. The highest BCUT2D eigenvalue weighted by atomic mass is 19.1. The van der Waals surface area contributed by atoms with Gasteiger partial charge in [0.25, 0.3) is 0 Å². The number of hydrogen-bond donors (Lipinski definition) is 2. The molecule has 24 heavy (non-hydrogen) atoms. The predicted molar refractivity (Wildman–Crippen MR) is 91.4 cm³/mol. The molecule has 5 nitrogen and oxygen atoms in total. The summed E-state index contributed by atoms with van der Waals surface area (Å²) in [6.07, 6.45) is 0.298. The van der Waals surface area contributed by atoms with Crippen molar-refractivity contribution in [2.24, 2.45) is 0 Å². The van der Waals surface area contributed by atoms with Crippen molar-refractivity contribution in [3.05, 3.63) is 54.1 Å². The Morgan fingerprint density at radius 3 is 2.54 bits per heavy atom. The molecule has 0 bridgehead atoms. The van der Waals surface area contributed by atoms with Crippen molar-refractivity contribution in [3.63, 3.8) is 0 Å². The van der Waals surface area contributed by atoms with Crippen LogP contribution in [0.4, 0.5) is 14.9 Å². The second kappa shape index (κ2) is 9.39. The number of para-hydroxylation sites is 3. The van der Waals surface area contributed by atoms with Gasteiger partial charge >= 0.3 is 6.03 Å². The summed E-state index contributed by atoms with van der Waals surface area (Å²) >= 11 is 0. The minimum absolute atomic E-state index is 0.279. The van der Waals surface area contributed by atoms with Crippen molar-refractivity contribution in [1.82, 2.24) is 5.32 Å². The van der Waals surface area contributed by atoms with Gasteiger partial charge in [0, 0.05) is 17.8 Å². The van der Waals surface area contributed by atoms with Crippen LogP contribution in [0.2, 0.25) is 0 Å². The number of nitrogens with one attached hydrogen (secondary N) is 2. The molecule has 0 aliphatic heterocycles. The highest BCUT2D eigenvalue weighted by molar-refractivity contribution is 5.90. The van der Waals surface area contributed by atoms with E-state index in [1.54, 1.807) is 13.2 Å². The van der Waals surface area contributed by atoms with Crippen LogP contribution in [0.15, 0.2) is 48.5 Å². The lowest BCUT2D eigenvalue weighted by molar-refractivity contribution is 0.251. The number of alkyl halides is 1. The average molecular weight is 332 g/mol. The van der Waals surface area contributed by atoms with Crippen LogP contribution < -0.4 is 20.1 Å². The highest BCUT2D eigenvalue weighted by Crippen LogP contribution is 2.27. The van der Waals surface area contributed by atoms with Crippen LogP contribution in [-0.4, -0.2) is 26.4 Å². The van der Waals surface area contributed by atoms with Gasteiger partial charge in [0.2, 0.25) is 0 Å². The van der Waals surface area contributed by atoms with Crippen molar-refractivity contribution >= 4 is 11.7 Å². The Morgan fingerprint density at radius 1 is 1.08 bits per heavy atom. The summed E-state index contributed by atoms with van der Waals surface area (Å²) in [5.41, 5.74) is 1.47. The molecule has 2 aromatic carbocycles. The molecule has 0 radical (unpaired) electrons. The summed E-state index contributed by atoms with van der Waals surface area (Å²) in [5, 5.41) is 5.35. The van der Waals surface area contributed by atoms with E-state index in [0.717, 1.165) is 5.56 Å². The Kier molecular flexibility index (Phi) is 6.89. The molecule has 0 aliphatic carbocycles. The van der Waals surface area contributed by atoms with Gasteiger partial charge in [-0.15, -0.1) is 0 Å². The highest BCUT2D eigenvalue weighted by Gasteiger charge is 2.08. The quantitative estimate of drug-likeness (QED) is 0.724. The van der Waals surface area contributed by atoms with Gasteiger partial charge in [0.05, 0.1) is 13.8 Å². The van der Waals surface area contributed by atoms with E-state index in [4.69, 9.17) is 9.47 Å². The normalized spacial score (nSPS) is 10.1. The zero-order valence-corrected chi connectivity index (χ0v) is 13.5. The van der Waals surface area contributed by atoms with E-state index in [9.17, 15) is 9.18 Å². The van der Waals surface area contributed by atoms with E-state index in [1.807, 2.05) is 42.5 Å². The summed E-state index contributed by atoms with van der Waals surface area (Å²) < 4.78 is 23.1. The zero-order valence-electron chi connectivity index (χ0n) is 13.5. The van der Waals surface area contributed by atoms with Gasteiger partial charge in [0.1, 0.15) is 6.61 Å². The number of carbonyl (C=O) groups excluding carboxylic acids is 1. The molecular weight excluding hydrogens is 311 g/mol. The van der Waals surface area contributed by atoms with E-state index < -0.39 is 6.67 Å². The van der Waals surface area contributed by atoms with Gasteiger partial charge in [-0.05, 0) is 24.6 Å². The molecular formula is C18H21FN2O3. The predicted octanol–water partition coefficient (Wildman–Crippen LogP) is 3.76. The van der Waals surface area contributed by atoms with Crippen LogP contribution in [0.1, 0.15) is 12.0 Å². The van der Waals surface area contributed by atoms with Crippen LogP contribution >= 0.6 is 0 Å². The average Bonchev–Trinajstić information content (AvgIpc) is 2.61. The second-order valence-electron chi connectivity index (χ2n) is 5.02.